The SMILES string of the molecule is C=C[C@@H](NC(=O)[C@H](C)NC(=O)Cc1cc(F)cc(F)c1)c1ccccc1.[HH].[HH]. The van der Waals surface area contributed by atoms with Crippen LogP contribution in [0.15, 0.2) is 61.2 Å². The Balaban J connectivity index is 0.00000364. The molecule has 0 aliphatic heterocycles. The Labute approximate surface area is 153 Å². The molecule has 2 rings (SSSR count). The average Bonchev–Trinajstić information content (AvgIpc) is 2.59. The highest BCUT2D eigenvalue weighted by Crippen LogP contribution is 2.13. The molecule has 2 N–H and O–H groups in total. The normalized spacial score (nSPS) is 12.7. The molecule has 0 bridgehead atoms. The number of amides is 2. The van der Waals surface area contributed by atoms with Gasteiger partial charge in [-0.3, -0.25) is 9.59 Å². The molecular formula is C20H24F2N2O2. The minimum atomic E-state index is -0.813. The van der Waals surface area contributed by atoms with Gasteiger partial charge in [0.2, 0.25) is 11.8 Å². The number of carbonyl (C=O) groups excluding carboxylic acids is 2. The smallest absolute Gasteiger partial charge is 0.243 e. The van der Waals surface area contributed by atoms with E-state index >= 15 is 0 Å². The fourth-order valence-corrected chi connectivity index (χ4v) is 2.47. The summed E-state index contributed by atoms with van der Waals surface area (Å²) in [5.74, 6) is -2.41. The number of hydrogen-bond acceptors (Lipinski definition) is 2. The molecule has 26 heavy (non-hydrogen) atoms. The molecule has 4 nitrogen and oxygen atoms in total. The van der Waals surface area contributed by atoms with Crippen molar-refractivity contribution in [3.8, 4) is 0 Å². The van der Waals surface area contributed by atoms with Crippen molar-refractivity contribution in [1.82, 2.24) is 10.6 Å². The molecule has 0 aromatic heterocycles. The van der Waals surface area contributed by atoms with Crippen molar-refractivity contribution < 1.29 is 21.2 Å². The van der Waals surface area contributed by atoms with Crippen molar-refractivity contribution >= 4 is 11.8 Å². The number of carbonyl (C=O) groups is 2. The summed E-state index contributed by atoms with van der Waals surface area (Å²) < 4.78 is 26.3. The molecule has 2 aromatic carbocycles. The van der Waals surface area contributed by atoms with E-state index in [2.05, 4.69) is 17.2 Å². The Morgan fingerprint density at radius 1 is 1.12 bits per heavy atom. The van der Waals surface area contributed by atoms with Gasteiger partial charge in [0.1, 0.15) is 17.7 Å². The molecule has 2 aromatic rings. The predicted molar refractivity (Wildman–Crippen MR) is 99.4 cm³/mol. The van der Waals surface area contributed by atoms with Crippen molar-refractivity contribution in [3.05, 3.63) is 83.9 Å². The molecule has 2 atom stereocenters. The van der Waals surface area contributed by atoms with E-state index in [0.717, 1.165) is 23.8 Å². The van der Waals surface area contributed by atoms with Crippen LogP contribution in [0, 0.1) is 11.6 Å². The van der Waals surface area contributed by atoms with E-state index in [4.69, 9.17) is 0 Å². The second-order valence-electron chi connectivity index (χ2n) is 5.88. The van der Waals surface area contributed by atoms with Gasteiger partial charge in [-0.1, -0.05) is 36.4 Å². The minimum absolute atomic E-state index is 0. The monoisotopic (exact) mass is 362 g/mol. The Bertz CT molecular complexity index is 784. The molecule has 6 heteroatoms. The molecule has 0 spiro atoms. The summed E-state index contributed by atoms with van der Waals surface area (Å²) >= 11 is 0. The Kier molecular flexibility index (Phi) is 6.60. The lowest BCUT2D eigenvalue weighted by molar-refractivity contribution is -0.128. The summed E-state index contributed by atoms with van der Waals surface area (Å²) in [5, 5.41) is 5.30. The third-order valence-corrected chi connectivity index (χ3v) is 3.75. The number of hydrogen-bond donors (Lipinski definition) is 2. The van der Waals surface area contributed by atoms with Crippen LogP contribution in [0.4, 0.5) is 8.78 Å². The van der Waals surface area contributed by atoms with Gasteiger partial charge in [-0.2, -0.15) is 0 Å². The quantitative estimate of drug-likeness (QED) is 0.740. The zero-order valence-electron chi connectivity index (χ0n) is 14.3. The van der Waals surface area contributed by atoms with E-state index in [1.807, 2.05) is 30.3 Å². The lowest BCUT2D eigenvalue weighted by Crippen LogP contribution is -2.46. The van der Waals surface area contributed by atoms with Crippen LogP contribution in [-0.2, 0) is 16.0 Å². The van der Waals surface area contributed by atoms with Gasteiger partial charge in [-0.05, 0) is 30.2 Å². The highest BCUT2D eigenvalue weighted by molar-refractivity contribution is 5.88. The minimum Gasteiger partial charge on any atom is -0.344 e. The second kappa shape index (κ2) is 8.89. The van der Waals surface area contributed by atoms with Gasteiger partial charge in [0.15, 0.2) is 0 Å². The van der Waals surface area contributed by atoms with Crippen LogP contribution in [0.3, 0.4) is 0 Å². The second-order valence-corrected chi connectivity index (χ2v) is 5.88. The summed E-state index contributed by atoms with van der Waals surface area (Å²) in [6.45, 7) is 5.24. The van der Waals surface area contributed by atoms with Crippen molar-refractivity contribution in [2.75, 3.05) is 0 Å². The lowest BCUT2D eigenvalue weighted by atomic mass is 10.1. The first-order chi connectivity index (χ1) is 12.4. The third-order valence-electron chi connectivity index (χ3n) is 3.75. The molecule has 0 aliphatic carbocycles. The maximum Gasteiger partial charge on any atom is 0.243 e. The maximum absolute atomic E-state index is 13.2. The molecule has 0 heterocycles. The molecular weight excluding hydrogens is 338 g/mol. The molecule has 0 saturated carbocycles. The highest BCUT2D eigenvalue weighted by atomic mass is 19.1. The van der Waals surface area contributed by atoms with E-state index in [-0.39, 0.29) is 20.9 Å². The van der Waals surface area contributed by atoms with Crippen LogP contribution < -0.4 is 10.6 Å². The van der Waals surface area contributed by atoms with Gasteiger partial charge in [0.05, 0.1) is 12.5 Å². The van der Waals surface area contributed by atoms with E-state index in [1.54, 1.807) is 6.08 Å². The fraction of sp³-hybridized carbons (Fsp3) is 0.200. The van der Waals surface area contributed by atoms with Crippen LogP contribution in [0.25, 0.3) is 0 Å². The largest absolute Gasteiger partial charge is 0.344 e. The van der Waals surface area contributed by atoms with E-state index in [1.165, 1.54) is 6.92 Å². The topological polar surface area (TPSA) is 58.2 Å². The number of rotatable bonds is 7. The van der Waals surface area contributed by atoms with Gasteiger partial charge in [0, 0.05) is 8.92 Å². The average molecular weight is 362 g/mol. The fourth-order valence-electron chi connectivity index (χ4n) is 2.47. The van der Waals surface area contributed by atoms with Gasteiger partial charge < -0.3 is 10.6 Å². The van der Waals surface area contributed by atoms with Crippen LogP contribution in [0.5, 0.6) is 0 Å². The summed E-state index contributed by atoms with van der Waals surface area (Å²) in [5.41, 5.74) is 1.06. The van der Waals surface area contributed by atoms with Gasteiger partial charge in [0.25, 0.3) is 0 Å². The zero-order valence-corrected chi connectivity index (χ0v) is 14.3. The van der Waals surface area contributed by atoms with E-state index in [9.17, 15) is 18.4 Å². The van der Waals surface area contributed by atoms with Gasteiger partial charge >= 0.3 is 0 Å². The molecule has 0 radical (unpaired) electrons. The number of nitrogens with one attached hydrogen (secondary N) is 2. The molecule has 0 fully saturated rings. The highest BCUT2D eigenvalue weighted by Gasteiger charge is 2.19. The molecule has 0 aliphatic rings. The number of halogens is 2. The van der Waals surface area contributed by atoms with Crippen molar-refractivity contribution in [2.45, 2.75) is 25.4 Å². The van der Waals surface area contributed by atoms with Gasteiger partial charge in [-0.15, -0.1) is 6.58 Å². The first-order valence-corrected chi connectivity index (χ1v) is 8.11. The van der Waals surface area contributed by atoms with Crippen LogP contribution in [0.1, 0.15) is 26.9 Å². The Morgan fingerprint density at radius 3 is 2.31 bits per heavy atom. The number of benzene rings is 2. The first kappa shape index (κ1) is 19.3. The van der Waals surface area contributed by atoms with Gasteiger partial charge in [-0.25, -0.2) is 8.78 Å². The van der Waals surface area contributed by atoms with Crippen LogP contribution in [-0.4, -0.2) is 17.9 Å². The molecule has 0 unspecified atom stereocenters. The lowest BCUT2D eigenvalue weighted by Gasteiger charge is -2.19. The van der Waals surface area contributed by atoms with Crippen molar-refractivity contribution in [2.24, 2.45) is 0 Å². The van der Waals surface area contributed by atoms with Crippen molar-refractivity contribution in [1.29, 1.82) is 0 Å². The molecule has 2 amide bonds. The summed E-state index contributed by atoms with van der Waals surface area (Å²) in [7, 11) is 0. The summed E-state index contributed by atoms with van der Waals surface area (Å²) in [6.07, 6.45) is 1.37. The Morgan fingerprint density at radius 2 is 1.73 bits per heavy atom. The Hall–Kier alpha value is -3.02. The predicted octanol–water partition coefficient (Wildman–Crippen LogP) is 3.55. The van der Waals surface area contributed by atoms with E-state index in [0.29, 0.717) is 0 Å². The standard InChI is InChI=1S/C20H20F2N2O2.2H2/c1-3-18(15-7-5-4-6-8-15)24-20(26)13(2)23-19(25)11-14-9-16(21)12-17(22)10-14;;/h3-10,12-13,18H,1,11H2,2H3,(H,23,25)(H,24,26);2*1H/t13-,18+;;/m0../s1. The molecule has 140 valence electrons. The van der Waals surface area contributed by atoms with Crippen LogP contribution in [0.2, 0.25) is 0 Å². The summed E-state index contributed by atoms with van der Waals surface area (Å²) in [4.78, 5) is 24.3. The van der Waals surface area contributed by atoms with Crippen LogP contribution >= 0.6 is 0 Å². The first-order valence-electron chi connectivity index (χ1n) is 8.11. The van der Waals surface area contributed by atoms with E-state index < -0.39 is 29.5 Å². The zero-order chi connectivity index (χ0) is 19.1. The molecule has 0 saturated heterocycles. The third kappa shape index (κ3) is 5.51. The maximum atomic E-state index is 13.2. The van der Waals surface area contributed by atoms with Crippen molar-refractivity contribution in [3.63, 3.8) is 0 Å². The summed E-state index contributed by atoms with van der Waals surface area (Å²) in [6, 6.07) is 11.0.